The van der Waals surface area contributed by atoms with Crippen LogP contribution in [0.3, 0.4) is 0 Å². The summed E-state index contributed by atoms with van der Waals surface area (Å²) in [7, 11) is 0. The topological polar surface area (TPSA) is 46.4 Å². The van der Waals surface area contributed by atoms with E-state index in [1.54, 1.807) is 16.7 Å². The van der Waals surface area contributed by atoms with Gasteiger partial charge in [0.25, 0.3) is 0 Å². The number of hydrogen-bond acceptors (Lipinski definition) is 2. The van der Waals surface area contributed by atoms with E-state index in [0.717, 1.165) is 11.1 Å². The van der Waals surface area contributed by atoms with Crippen LogP contribution >= 0.6 is 0 Å². The number of halogens is 2. The molecule has 0 saturated heterocycles. The molecule has 26 heavy (non-hydrogen) atoms. The number of hydrogen-bond donors (Lipinski definition) is 1. The molecule has 1 amide bonds. The average molecular weight is 355 g/mol. The fraction of sp³-hybridized carbons (Fsp3) is 0.300. The predicted octanol–water partition coefficient (Wildman–Crippen LogP) is 4.56. The van der Waals surface area contributed by atoms with E-state index in [4.69, 9.17) is 0 Å². The summed E-state index contributed by atoms with van der Waals surface area (Å²) in [5.74, 6) is -0.688. The SMILES string of the molecule is CC(C)c1c(F)cccc1-c1ccc2nc(NC(=O)[C@@H]3C[C@@H]3F)cn2c1. The van der Waals surface area contributed by atoms with E-state index in [9.17, 15) is 13.6 Å². The van der Waals surface area contributed by atoms with Gasteiger partial charge in [-0.2, -0.15) is 0 Å². The lowest BCUT2D eigenvalue weighted by Crippen LogP contribution is -2.15. The standard InChI is InChI=1S/C20H19F2N3O/c1-11(2)19-13(4-3-5-15(19)21)12-6-7-18-23-17(10-25(18)9-12)24-20(26)14-8-16(14)22/h3-7,9-11,14,16H,8H2,1-2H3,(H,24,26)/t14-,16+/m1/s1. The molecule has 1 aliphatic rings. The second-order valence-electron chi connectivity index (χ2n) is 7.01. The summed E-state index contributed by atoms with van der Waals surface area (Å²) in [5.41, 5.74) is 3.02. The van der Waals surface area contributed by atoms with E-state index in [1.165, 1.54) is 6.07 Å². The van der Waals surface area contributed by atoms with Crippen LogP contribution in [0.25, 0.3) is 16.8 Å². The molecule has 2 heterocycles. The number of pyridine rings is 1. The van der Waals surface area contributed by atoms with E-state index < -0.39 is 12.1 Å². The number of aromatic nitrogens is 2. The largest absolute Gasteiger partial charge is 0.309 e. The van der Waals surface area contributed by atoms with Crippen molar-refractivity contribution in [2.24, 2.45) is 5.92 Å². The molecule has 0 spiro atoms. The van der Waals surface area contributed by atoms with Gasteiger partial charge >= 0.3 is 0 Å². The Labute approximate surface area is 149 Å². The van der Waals surface area contributed by atoms with Crippen molar-refractivity contribution in [3.8, 4) is 11.1 Å². The zero-order valence-corrected chi connectivity index (χ0v) is 14.5. The van der Waals surface area contributed by atoms with Crippen LogP contribution in [0.4, 0.5) is 14.6 Å². The number of amides is 1. The third-order valence-corrected chi connectivity index (χ3v) is 4.69. The van der Waals surface area contributed by atoms with E-state index in [2.05, 4.69) is 10.3 Å². The first-order valence-electron chi connectivity index (χ1n) is 8.66. The highest BCUT2D eigenvalue weighted by atomic mass is 19.1. The van der Waals surface area contributed by atoms with Crippen LogP contribution in [0.2, 0.25) is 0 Å². The second kappa shape index (κ2) is 6.20. The summed E-state index contributed by atoms with van der Waals surface area (Å²) in [6.45, 7) is 3.92. The monoisotopic (exact) mass is 355 g/mol. The van der Waals surface area contributed by atoms with E-state index >= 15 is 0 Å². The highest BCUT2D eigenvalue weighted by Crippen LogP contribution is 2.35. The zero-order chi connectivity index (χ0) is 18.4. The minimum atomic E-state index is -1.04. The molecule has 1 N–H and O–H groups in total. The number of benzene rings is 1. The van der Waals surface area contributed by atoms with E-state index in [0.29, 0.717) is 17.0 Å². The van der Waals surface area contributed by atoms with Crippen molar-refractivity contribution in [3.63, 3.8) is 0 Å². The molecule has 4 rings (SSSR count). The van der Waals surface area contributed by atoms with Crippen LogP contribution < -0.4 is 5.32 Å². The van der Waals surface area contributed by atoms with E-state index in [-0.39, 0.29) is 24.1 Å². The number of rotatable bonds is 4. The van der Waals surface area contributed by atoms with Crippen LogP contribution in [-0.4, -0.2) is 21.5 Å². The molecule has 1 aliphatic carbocycles. The molecule has 6 heteroatoms. The summed E-state index contributed by atoms with van der Waals surface area (Å²) >= 11 is 0. The number of anilines is 1. The van der Waals surface area contributed by atoms with E-state index in [1.807, 2.05) is 38.2 Å². The third-order valence-electron chi connectivity index (χ3n) is 4.69. The number of fused-ring (bicyclic) bond motifs is 1. The van der Waals surface area contributed by atoms with Gasteiger partial charge < -0.3 is 9.72 Å². The Morgan fingerprint density at radius 3 is 2.73 bits per heavy atom. The van der Waals surface area contributed by atoms with Gasteiger partial charge in [0, 0.05) is 6.20 Å². The lowest BCUT2D eigenvalue weighted by Gasteiger charge is -2.14. The smallest absolute Gasteiger partial charge is 0.231 e. The first-order chi connectivity index (χ1) is 12.4. The van der Waals surface area contributed by atoms with Gasteiger partial charge in [-0.1, -0.05) is 26.0 Å². The number of carbonyl (C=O) groups excluding carboxylic acids is 1. The van der Waals surface area contributed by atoms with Gasteiger partial charge in [0.2, 0.25) is 5.91 Å². The van der Waals surface area contributed by atoms with Crippen molar-refractivity contribution < 1.29 is 13.6 Å². The molecule has 134 valence electrons. The second-order valence-corrected chi connectivity index (χ2v) is 7.01. The molecule has 1 fully saturated rings. The van der Waals surface area contributed by atoms with Crippen molar-refractivity contribution in [2.75, 3.05) is 5.32 Å². The van der Waals surface area contributed by atoms with Gasteiger partial charge in [0.1, 0.15) is 17.6 Å². The van der Waals surface area contributed by atoms with Gasteiger partial charge in [-0.15, -0.1) is 0 Å². The Bertz CT molecular complexity index is 996. The van der Waals surface area contributed by atoms with Crippen molar-refractivity contribution in [2.45, 2.75) is 32.4 Å². The van der Waals surface area contributed by atoms with Crippen LogP contribution in [-0.2, 0) is 4.79 Å². The molecule has 1 aromatic carbocycles. The first kappa shape index (κ1) is 16.7. The van der Waals surface area contributed by atoms with Gasteiger partial charge in [0.15, 0.2) is 5.82 Å². The maximum atomic E-state index is 14.3. The highest BCUT2D eigenvalue weighted by molar-refractivity contribution is 5.94. The van der Waals surface area contributed by atoms with Gasteiger partial charge in [-0.05, 0) is 47.2 Å². The van der Waals surface area contributed by atoms with Gasteiger partial charge in [-0.3, -0.25) is 4.79 Å². The Morgan fingerprint density at radius 1 is 1.27 bits per heavy atom. The minimum Gasteiger partial charge on any atom is -0.309 e. The van der Waals surface area contributed by atoms with Gasteiger partial charge in [0.05, 0.1) is 12.1 Å². The Kier molecular flexibility index (Phi) is 3.98. The molecule has 2 atom stereocenters. The number of nitrogens with one attached hydrogen (secondary N) is 1. The van der Waals surface area contributed by atoms with Crippen LogP contribution in [0.15, 0.2) is 42.7 Å². The maximum Gasteiger partial charge on any atom is 0.231 e. The van der Waals surface area contributed by atoms with Crippen molar-refractivity contribution in [1.29, 1.82) is 0 Å². The Hall–Kier alpha value is -2.76. The molecule has 0 bridgehead atoms. The third kappa shape index (κ3) is 2.96. The van der Waals surface area contributed by atoms with Crippen LogP contribution in [0, 0.1) is 11.7 Å². The van der Waals surface area contributed by atoms with Crippen molar-refractivity contribution in [3.05, 3.63) is 54.1 Å². The Morgan fingerprint density at radius 2 is 2.04 bits per heavy atom. The van der Waals surface area contributed by atoms with Gasteiger partial charge in [-0.25, -0.2) is 13.8 Å². The summed E-state index contributed by atoms with van der Waals surface area (Å²) in [4.78, 5) is 16.2. The fourth-order valence-electron chi connectivity index (χ4n) is 3.24. The lowest BCUT2D eigenvalue weighted by molar-refractivity contribution is -0.117. The maximum absolute atomic E-state index is 14.3. The fourth-order valence-corrected chi connectivity index (χ4v) is 3.24. The quantitative estimate of drug-likeness (QED) is 0.746. The predicted molar refractivity (Wildman–Crippen MR) is 96.3 cm³/mol. The number of nitrogens with zero attached hydrogens (tertiary/aromatic N) is 2. The molecular formula is C20H19F2N3O. The highest BCUT2D eigenvalue weighted by Gasteiger charge is 2.43. The molecule has 0 radical (unpaired) electrons. The molecule has 1 saturated carbocycles. The number of imidazole rings is 1. The molecular weight excluding hydrogens is 336 g/mol. The van der Waals surface area contributed by atoms with Crippen molar-refractivity contribution in [1.82, 2.24) is 9.38 Å². The summed E-state index contributed by atoms with van der Waals surface area (Å²) in [6, 6.07) is 8.76. The molecule has 3 aromatic rings. The summed E-state index contributed by atoms with van der Waals surface area (Å²) in [5, 5.41) is 2.65. The molecule has 0 unspecified atom stereocenters. The minimum absolute atomic E-state index is 0.0479. The molecule has 0 aliphatic heterocycles. The zero-order valence-electron chi connectivity index (χ0n) is 14.5. The number of carbonyl (C=O) groups is 1. The first-order valence-corrected chi connectivity index (χ1v) is 8.66. The number of alkyl halides is 1. The molecule has 2 aromatic heterocycles. The van der Waals surface area contributed by atoms with Crippen LogP contribution in [0.5, 0.6) is 0 Å². The Balaban J connectivity index is 1.68. The average Bonchev–Trinajstić information content (AvgIpc) is 3.19. The summed E-state index contributed by atoms with van der Waals surface area (Å²) < 4.78 is 29.0. The van der Waals surface area contributed by atoms with Crippen LogP contribution in [0.1, 0.15) is 31.7 Å². The molecule has 4 nitrogen and oxygen atoms in total. The summed E-state index contributed by atoms with van der Waals surface area (Å²) in [6.07, 6.45) is 2.77. The lowest BCUT2D eigenvalue weighted by atomic mass is 9.93. The van der Waals surface area contributed by atoms with Crippen molar-refractivity contribution >= 4 is 17.4 Å². The normalized spacial score (nSPS) is 19.1.